The molecule has 3 N–H and O–H groups in total. The fourth-order valence-electron chi connectivity index (χ4n) is 1.37. The minimum absolute atomic E-state index is 0.140. The Balaban J connectivity index is 2.68. The van der Waals surface area contributed by atoms with Gasteiger partial charge in [0.05, 0.1) is 4.99 Å². The van der Waals surface area contributed by atoms with Crippen LogP contribution in [0.4, 0.5) is 5.69 Å². The van der Waals surface area contributed by atoms with Gasteiger partial charge in [-0.05, 0) is 18.6 Å². The molecular weight excluding hydrogens is 272 g/mol. The Morgan fingerprint density at radius 2 is 1.94 bits per heavy atom. The first kappa shape index (κ1) is 14.6. The topological polar surface area (TPSA) is 89.3 Å². The summed E-state index contributed by atoms with van der Waals surface area (Å²) in [5.74, 6) is -1.68. The Hall–Kier alpha value is -1.47. The summed E-state index contributed by atoms with van der Waals surface area (Å²) in [6.07, 6.45) is 0. The Morgan fingerprint density at radius 3 is 2.50 bits per heavy atom. The van der Waals surface area contributed by atoms with Crippen molar-refractivity contribution in [2.24, 2.45) is 5.73 Å². The number of hydrogen-bond donors (Lipinski definition) is 2. The summed E-state index contributed by atoms with van der Waals surface area (Å²) in [6, 6.07) is 7.10. The molecule has 5 nitrogen and oxygen atoms in total. The lowest BCUT2D eigenvalue weighted by molar-refractivity contribution is -0.113. The molecule has 1 amide bonds. The molecule has 98 valence electrons. The molecule has 0 saturated heterocycles. The molecule has 7 heteroatoms. The van der Waals surface area contributed by atoms with Crippen molar-refractivity contribution >= 4 is 38.6 Å². The molecule has 1 aromatic rings. The summed E-state index contributed by atoms with van der Waals surface area (Å²) in [6.45, 7) is 1.82. The van der Waals surface area contributed by atoms with Crippen LogP contribution in [0.25, 0.3) is 0 Å². The molecule has 18 heavy (non-hydrogen) atoms. The number of carbonyl (C=O) groups is 1. The minimum Gasteiger partial charge on any atom is -0.392 e. The number of nitrogens with one attached hydrogen (secondary N) is 1. The maximum atomic E-state index is 11.6. The first-order valence-electron chi connectivity index (χ1n) is 5.14. The smallest absolute Gasteiger partial charge is 0.239 e. The quantitative estimate of drug-likeness (QED) is 0.775. The lowest BCUT2D eigenvalue weighted by atomic mass is 10.2. The van der Waals surface area contributed by atoms with Gasteiger partial charge in [0.2, 0.25) is 5.91 Å². The zero-order valence-electron chi connectivity index (χ0n) is 9.84. The molecule has 0 atom stereocenters. The van der Waals surface area contributed by atoms with E-state index in [2.05, 4.69) is 17.5 Å². The maximum absolute atomic E-state index is 11.6. The Morgan fingerprint density at radius 1 is 1.33 bits per heavy atom. The summed E-state index contributed by atoms with van der Waals surface area (Å²) >= 11 is 4.51. The van der Waals surface area contributed by atoms with Gasteiger partial charge in [-0.25, -0.2) is 8.42 Å². The van der Waals surface area contributed by atoms with Gasteiger partial charge in [0.1, 0.15) is 11.5 Å². The summed E-state index contributed by atoms with van der Waals surface area (Å²) in [5.41, 5.74) is 6.60. The number of anilines is 1. The van der Waals surface area contributed by atoms with Crippen LogP contribution in [-0.4, -0.2) is 30.8 Å². The number of amides is 1. The third kappa shape index (κ3) is 4.80. The van der Waals surface area contributed by atoms with E-state index in [1.807, 2.05) is 19.1 Å². The number of rotatable bonds is 5. The maximum Gasteiger partial charge on any atom is 0.239 e. The molecule has 0 spiro atoms. The Bertz CT molecular complexity index is 567. The van der Waals surface area contributed by atoms with Gasteiger partial charge >= 0.3 is 0 Å². The molecule has 0 aromatic heterocycles. The van der Waals surface area contributed by atoms with Gasteiger partial charge in [0.25, 0.3) is 0 Å². The normalized spacial score (nSPS) is 10.9. The highest BCUT2D eigenvalue weighted by Gasteiger charge is 2.18. The second-order valence-corrected chi connectivity index (χ2v) is 6.45. The summed E-state index contributed by atoms with van der Waals surface area (Å²) in [4.78, 5) is 11.4. The van der Waals surface area contributed by atoms with Crippen LogP contribution >= 0.6 is 12.2 Å². The third-order valence-corrected chi connectivity index (χ3v) is 3.91. The summed E-state index contributed by atoms with van der Waals surface area (Å²) in [5, 5.41) is 2.54. The monoisotopic (exact) mass is 286 g/mol. The molecule has 0 radical (unpaired) electrons. The van der Waals surface area contributed by atoms with E-state index in [4.69, 9.17) is 5.73 Å². The minimum atomic E-state index is -3.59. The highest BCUT2D eigenvalue weighted by molar-refractivity contribution is 7.94. The second kappa shape index (κ2) is 5.92. The molecule has 0 fully saturated rings. The van der Waals surface area contributed by atoms with Crippen molar-refractivity contribution in [2.75, 3.05) is 16.8 Å². The van der Waals surface area contributed by atoms with Gasteiger partial charge in [-0.15, -0.1) is 0 Å². The van der Waals surface area contributed by atoms with Crippen molar-refractivity contribution < 1.29 is 13.2 Å². The van der Waals surface area contributed by atoms with Gasteiger partial charge in [-0.1, -0.05) is 30.4 Å². The molecule has 1 aromatic carbocycles. The van der Waals surface area contributed by atoms with Crippen molar-refractivity contribution in [2.45, 2.75) is 6.92 Å². The molecule has 1 rings (SSSR count). The fraction of sp³-hybridized carbons (Fsp3) is 0.273. The van der Waals surface area contributed by atoms with E-state index in [9.17, 15) is 13.2 Å². The first-order valence-corrected chi connectivity index (χ1v) is 7.37. The average Bonchev–Trinajstić information content (AvgIpc) is 2.18. The summed E-state index contributed by atoms with van der Waals surface area (Å²) < 4.78 is 23.0. The number of aryl methyl sites for hydroxylation is 1. The SMILES string of the molecule is Cc1ccccc1NC(=O)CS(=O)(=O)CC(N)=S. The number of thiocarbonyl (C=S) groups is 1. The number of benzene rings is 1. The largest absolute Gasteiger partial charge is 0.392 e. The van der Waals surface area contributed by atoms with E-state index in [0.717, 1.165) is 5.56 Å². The van der Waals surface area contributed by atoms with Crippen LogP contribution < -0.4 is 11.1 Å². The zero-order valence-corrected chi connectivity index (χ0v) is 11.5. The van der Waals surface area contributed by atoms with Gasteiger partial charge in [-0.2, -0.15) is 0 Å². The van der Waals surface area contributed by atoms with Crippen molar-refractivity contribution in [1.82, 2.24) is 0 Å². The molecule has 0 aliphatic heterocycles. The molecule has 0 saturated carbocycles. The van der Waals surface area contributed by atoms with Crippen molar-refractivity contribution in [1.29, 1.82) is 0 Å². The fourth-order valence-corrected chi connectivity index (χ4v) is 2.91. The van der Waals surface area contributed by atoms with Crippen LogP contribution in [-0.2, 0) is 14.6 Å². The van der Waals surface area contributed by atoms with E-state index >= 15 is 0 Å². The number of sulfone groups is 1. The zero-order chi connectivity index (χ0) is 13.8. The predicted octanol–water partition coefficient (Wildman–Crippen LogP) is 0.634. The van der Waals surface area contributed by atoms with E-state index in [-0.39, 0.29) is 4.99 Å². The van der Waals surface area contributed by atoms with Crippen molar-refractivity contribution in [3.05, 3.63) is 29.8 Å². The third-order valence-electron chi connectivity index (χ3n) is 2.13. The van der Waals surface area contributed by atoms with Crippen molar-refractivity contribution in [3.8, 4) is 0 Å². The van der Waals surface area contributed by atoms with Gasteiger partial charge < -0.3 is 11.1 Å². The number of hydrogen-bond acceptors (Lipinski definition) is 4. The molecule has 0 aliphatic carbocycles. The summed E-state index contributed by atoms with van der Waals surface area (Å²) in [7, 11) is -3.59. The van der Waals surface area contributed by atoms with Crippen LogP contribution in [0, 0.1) is 6.92 Å². The molecule has 0 aliphatic rings. The van der Waals surface area contributed by atoms with Crippen LogP contribution in [0.1, 0.15) is 5.56 Å². The van der Waals surface area contributed by atoms with E-state index in [1.165, 1.54) is 0 Å². The average molecular weight is 286 g/mol. The standard InChI is InChI=1S/C11H14N2O3S2/c1-8-4-2-3-5-9(8)13-11(14)7-18(15,16)6-10(12)17/h2-5H,6-7H2,1H3,(H2,12,17)(H,13,14). The number of para-hydroxylation sites is 1. The van der Waals surface area contributed by atoms with Crippen LogP contribution in [0.2, 0.25) is 0 Å². The predicted molar refractivity (Wildman–Crippen MR) is 75.2 cm³/mol. The highest BCUT2D eigenvalue weighted by atomic mass is 32.2. The lowest BCUT2D eigenvalue weighted by Gasteiger charge is -2.08. The molecule has 0 bridgehead atoms. The van der Waals surface area contributed by atoms with Gasteiger partial charge in [0.15, 0.2) is 9.84 Å². The lowest BCUT2D eigenvalue weighted by Crippen LogP contribution is -2.29. The van der Waals surface area contributed by atoms with E-state index < -0.39 is 27.3 Å². The first-order chi connectivity index (χ1) is 8.30. The Kier molecular flexibility index (Phi) is 4.80. The van der Waals surface area contributed by atoms with Crippen LogP contribution in [0.5, 0.6) is 0 Å². The van der Waals surface area contributed by atoms with Crippen LogP contribution in [0.3, 0.4) is 0 Å². The van der Waals surface area contributed by atoms with Crippen molar-refractivity contribution in [3.63, 3.8) is 0 Å². The van der Waals surface area contributed by atoms with Gasteiger partial charge in [-0.3, -0.25) is 4.79 Å². The molecule has 0 unspecified atom stereocenters. The number of nitrogens with two attached hydrogens (primary N) is 1. The van der Waals surface area contributed by atoms with Crippen LogP contribution in [0.15, 0.2) is 24.3 Å². The number of carbonyl (C=O) groups excluding carboxylic acids is 1. The van der Waals surface area contributed by atoms with Gasteiger partial charge in [0, 0.05) is 5.69 Å². The van der Waals surface area contributed by atoms with E-state index in [1.54, 1.807) is 12.1 Å². The molecular formula is C11H14N2O3S2. The molecule has 0 heterocycles. The second-order valence-electron chi connectivity index (χ2n) is 3.86. The highest BCUT2D eigenvalue weighted by Crippen LogP contribution is 2.13. The van der Waals surface area contributed by atoms with E-state index in [0.29, 0.717) is 5.69 Å². The Labute approximate surface area is 111 Å².